The molecule has 0 atom stereocenters. The second kappa shape index (κ2) is 6.03. The normalized spacial score (nSPS) is 16.3. The highest BCUT2D eigenvalue weighted by molar-refractivity contribution is 5.12. The van der Waals surface area contributed by atoms with E-state index in [0.717, 1.165) is 0 Å². The van der Waals surface area contributed by atoms with Crippen molar-refractivity contribution in [1.29, 1.82) is 0 Å². The molecule has 25 heavy (non-hydrogen) atoms. The zero-order valence-corrected chi connectivity index (χ0v) is 11.7. The van der Waals surface area contributed by atoms with Crippen molar-refractivity contribution in [1.82, 2.24) is 0 Å². The first-order chi connectivity index (χ1) is 10.6. The Balaban J connectivity index is 6.40. The molecule has 0 saturated heterocycles. The fourth-order valence-corrected chi connectivity index (χ4v) is 1.49. The molecule has 15 heteroatoms. The van der Waals surface area contributed by atoms with Gasteiger partial charge in [0.2, 0.25) is 0 Å². The van der Waals surface area contributed by atoms with Gasteiger partial charge < -0.3 is 10.2 Å². The molecule has 0 radical (unpaired) electrons. The van der Waals surface area contributed by atoms with Crippen LogP contribution in [0.15, 0.2) is 0 Å². The molecule has 0 aromatic heterocycles. The van der Waals surface area contributed by atoms with Crippen molar-refractivity contribution in [2.45, 2.75) is 61.3 Å². The highest BCUT2D eigenvalue weighted by Gasteiger charge is 2.92. The highest BCUT2D eigenvalue weighted by Crippen LogP contribution is 2.61. The van der Waals surface area contributed by atoms with E-state index in [4.69, 9.17) is 10.2 Å². The summed E-state index contributed by atoms with van der Waals surface area (Å²) in [5.41, 5.74) is 0. The third-order valence-corrected chi connectivity index (χ3v) is 3.00. The molecule has 0 aliphatic carbocycles. The van der Waals surface area contributed by atoms with Gasteiger partial charge in [-0.25, -0.2) is 0 Å². The van der Waals surface area contributed by atoms with E-state index in [0.29, 0.717) is 6.92 Å². The largest absolute Gasteiger partial charge is 0.400 e. The summed E-state index contributed by atoms with van der Waals surface area (Å²) in [6, 6.07) is -6.57. The average molecular weight is 408 g/mol. The van der Waals surface area contributed by atoms with E-state index in [-0.39, 0.29) is 0 Å². The molecule has 0 fully saturated rings. The SMILES string of the molecule is CCCC(F)(F)C(F)(F)C(F)(F)C(F)(F)C(F)(F)C(F)(F)C(O)(O)F. The molecule has 0 amide bonds. The Morgan fingerprint density at radius 1 is 0.520 bits per heavy atom. The topological polar surface area (TPSA) is 40.5 Å². The van der Waals surface area contributed by atoms with Crippen LogP contribution < -0.4 is 0 Å². The summed E-state index contributed by atoms with van der Waals surface area (Å²) < 4.78 is 168. The van der Waals surface area contributed by atoms with Crippen LogP contribution in [0.25, 0.3) is 0 Å². The summed E-state index contributed by atoms with van der Waals surface area (Å²) in [7, 11) is 0. The van der Waals surface area contributed by atoms with Crippen LogP contribution in [0.3, 0.4) is 0 Å². The first-order valence-corrected chi connectivity index (χ1v) is 5.96. The van der Waals surface area contributed by atoms with Gasteiger partial charge in [0.15, 0.2) is 0 Å². The van der Waals surface area contributed by atoms with Crippen molar-refractivity contribution >= 4 is 0 Å². The second-order valence-corrected chi connectivity index (χ2v) is 4.91. The Bertz CT molecular complexity index is 480. The quantitative estimate of drug-likeness (QED) is 0.467. The molecule has 0 aromatic carbocycles. The van der Waals surface area contributed by atoms with Gasteiger partial charge in [-0.1, -0.05) is 13.3 Å². The number of halogens is 13. The molecular weight excluding hydrogens is 399 g/mol. The van der Waals surface area contributed by atoms with Gasteiger partial charge in [0.05, 0.1) is 0 Å². The lowest BCUT2D eigenvalue weighted by molar-refractivity contribution is -0.473. The van der Waals surface area contributed by atoms with Gasteiger partial charge in [-0.05, 0) is 0 Å². The van der Waals surface area contributed by atoms with Crippen LogP contribution in [-0.4, -0.2) is 51.8 Å². The van der Waals surface area contributed by atoms with Gasteiger partial charge in [-0.3, -0.25) is 0 Å². The van der Waals surface area contributed by atoms with Gasteiger partial charge in [-0.2, -0.15) is 57.1 Å². The Labute approximate surface area is 130 Å². The summed E-state index contributed by atoms with van der Waals surface area (Å²) in [6.45, 7) is 0.692. The summed E-state index contributed by atoms with van der Waals surface area (Å²) in [5.74, 6) is -44.6. The smallest absolute Gasteiger partial charge is 0.335 e. The van der Waals surface area contributed by atoms with Crippen molar-refractivity contribution in [3.8, 4) is 0 Å². The maximum absolute atomic E-state index is 13.1. The number of rotatable bonds is 8. The van der Waals surface area contributed by atoms with E-state index in [1.54, 1.807) is 0 Å². The van der Waals surface area contributed by atoms with Crippen LogP contribution in [0, 0.1) is 0 Å². The van der Waals surface area contributed by atoms with Crippen molar-refractivity contribution in [3.63, 3.8) is 0 Å². The summed E-state index contributed by atoms with van der Waals surface area (Å²) in [4.78, 5) is 0. The van der Waals surface area contributed by atoms with Crippen LogP contribution >= 0.6 is 0 Å². The minimum atomic E-state index is -8.03. The Kier molecular flexibility index (Phi) is 5.79. The zero-order valence-electron chi connectivity index (χ0n) is 11.7. The number of hydrogen-bond acceptors (Lipinski definition) is 2. The fourth-order valence-electron chi connectivity index (χ4n) is 1.49. The maximum atomic E-state index is 13.1. The van der Waals surface area contributed by atoms with E-state index < -0.39 is 54.4 Å². The van der Waals surface area contributed by atoms with E-state index in [9.17, 15) is 57.1 Å². The monoisotopic (exact) mass is 408 g/mol. The highest BCUT2D eigenvalue weighted by atomic mass is 19.4. The summed E-state index contributed by atoms with van der Waals surface area (Å²) in [5, 5.41) is 15.4. The Hall–Kier alpha value is -0.990. The first kappa shape index (κ1) is 24.0. The molecule has 2 nitrogen and oxygen atoms in total. The van der Waals surface area contributed by atoms with Gasteiger partial charge in [-0.15, -0.1) is 0 Å². The Morgan fingerprint density at radius 2 is 0.800 bits per heavy atom. The van der Waals surface area contributed by atoms with Crippen LogP contribution in [0.1, 0.15) is 19.8 Å². The van der Waals surface area contributed by atoms with E-state index in [2.05, 4.69) is 0 Å². The molecule has 0 spiro atoms. The molecule has 0 aliphatic rings. The standard InChI is InChI=1S/C10H9F13O2/c1-2-3-4(11,12)5(13,14)6(15,16)7(17,18)8(19,20)9(21,22)10(23,24)25/h24-25H,2-3H2,1H3. The lowest BCUT2D eigenvalue weighted by Gasteiger charge is -2.42. The molecule has 0 rings (SSSR count). The molecular formula is C10H9F13O2. The van der Waals surface area contributed by atoms with Crippen molar-refractivity contribution in [2.75, 3.05) is 0 Å². The molecule has 0 saturated carbocycles. The van der Waals surface area contributed by atoms with Crippen LogP contribution in [0.5, 0.6) is 0 Å². The lowest BCUT2D eigenvalue weighted by Crippen LogP contribution is -2.73. The third kappa shape index (κ3) is 3.13. The number of aliphatic hydroxyl groups is 2. The van der Waals surface area contributed by atoms with E-state index >= 15 is 0 Å². The van der Waals surface area contributed by atoms with Crippen LogP contribution in [-0.2, 0) is 0 Å². The van der Waals surface area contributed by atoms with Crippen molar-refractivity contribution < 1.29 is 67.3 Å². The maximum Gasteiger partial charge on any atom is 0.400 e. The predicted molar refractivity (Wildman–Crippen MR) is 52.9 cm³/mol. The van der Waals surface area contributed by atoms with Gasteiger partial charge in [0.1, 0.15) is 0 Å². The molecule has 2 N–H and O–H groups in total. The third-order valence-electron chi connectivity index (χ3n) is 3.00. The zero-order chi connectivity index (χ0) is 20.9. The number of alkyl halides is 13. The molecule has 0 aliphatic heterocycles. The molecule has 0 aromatic rings. The molecule has 0 unspecified atom stereocenters. The minimum Gasteiger partial charge on any atom is -0.335 e. The van der Waals surface area contributed by atoms with Gasteiger partial charge in [0.25, 0.3) is 0 Å². The lowest BCUT2D eigenvalue weighted by atomic mass is 9.89. The molecule has 0 bridgehead atoms. The Morgan fingerprint density at radius 3 is 1.08 bits per heavy atom. The van der Waals surface area contributed by atoms with E-state index in [1.807, 2.05) is 0 Å². The second-order valence-electron chi connectivity index (χ2n) is 4.91. The number of hydrogen-bond donors (Lipinski definition) is 2. The molecule has 0 heterocycles. The summed E-state index contributed by atoms with van der Waals surface area (Å²) in [6.07, 6.45) is -3.25. The molecule has 152 valence electrons. The van der Waals surface area contributed by atoms with Gasteiger partial charge in [0, 0.05) is 6.42 Å². The minimum absolute atomic E-state index is 0.692. The first-order valence-electron chi connectivity index (χ1n) is 5.96. The average Bonchev–Trinajstić information content (AvgIpc) is 2.35. The fraction of sp³-hybridized carbons (Fsp3) is 1.00. The van der Waals surface area contributed by atoms with E-state index in [1.165, 1.54) is 0 Å². The van der Waals surface area contributed by atoms with Crippen LogP contribution in [0.4, 0.5) is 57.1 Å². The van der Waals surface area contributed by atoms with Crippen molar-refractivity contribution in [2.24, 2.45) is 0 Å². The summed E-state index contributed by atoms with van der Waals surface area (Å²) >= 11 is 0. The van der Waals surface area contributed by atoms with Crippen LogP contribution in [0.2, 0.25) is 0 Å². The van der Waals surface area contributed by atoms with Crippen molar-refractivity contribution in [3.05, 3.63) is 0 Å². The predicted octanol–water partition coefficient (Wildman–Crippen LogP) is 4.21. The van der Waals surface area contributed by atoms with Gasteiger partial charge >= 0.3 is 41.6 Å².